The van der Waals surface area contributed by atoms with Gasteiger partial charge in [-0.3, -0.25) is 0 Å². The van der Waals surface area contributed by atoms with E-state index >= 15 is 0 Å². The van der Waals surface area contributed by atoms with E-state index in [-0.39, 0.29) is 0 Å². The summed E-state index contributed by atoms with van der Waals surface area (Å²) >= 11 is 7.40. The molecule has 0 amide bonds. The van der Waals surface area contributed by atoms with Crippen LogP contribution in [0.1, 0.15) is 36.8 Å². The smallest absolute Gasteiger partial charge is 0.184 e. The van der Waals surface area contributed by atoms with Crippen LogP contribution in [-0.4, -0.2) is 11.5 Å². The van der Waals surface area contributed by atoms with E-state index in [1.54, 1.807) is 11.3 Å². The third-order valence-electron chi connectivity index (χ3n) is 2.11. The molecule has 1 aromatic heterocycles. The second-order valence-electron chi connectivity index (χ2n) is 3.33. The summed E-state index contributed by atoms with van der Waals surface area (Å²) in [7, 11) is 0. The summed E-state index contributed by atoms with van der Waals surface area (Å²) in [5, 5.41) is 0. The van der Waals surface area contributed by atoms with Crippen molar-refractivity contribution in [3.8, 4) is 0 Å². The molecule has 1 aromatic rings. The third kappa shape index (κ3) is 3.56. The van der Waals surface area contributed by atoms with Crippen LogP contribution in [0.3, 0.4) is 0 Å². The SMILES string of the molecule is CCCN.Clc1nc2c(s1)CCCC2. The van der Waals surface area contributed by atoms with Crippen LogP contribution in [0, 0.1) is 0 Å². The van der Waals surface area contributed by atoms with Crippen LogP contribution >= 0.6 is 22.9 Å². The molecule has 0 atom stereocenters. The van der Waals surface area contributed by atoms with Crippen molar-refractivity contribution in [1.82, 2.24) is 4.98 Å². The number of aryl methyl sites for hydroxylation is 2. The summed E-state index contributed by atoms with van der Waals surface area (Å²) in [5.41, 5.74) is 6.28. The number of rotatable bonds is 1. The fraction of sp³-hybridized carbons (Fsp3) is 0.700. The molecule has 80 valence electrons. The maximum Gasteiger partial charge on any atom is 0.184 e. The molecule has 1 heterocycles. The van der Waals surface area contributed by atoms with Crippen LogP contribution < -0.4 is 5.73 Å². The van der Waals surface area contributed by atoms with E-state index < -0.39 is 0 Å². The quantitative estimate of drug-likeness (QED) is 0.809. The van der Waals surface area contributed by atoms with Crippen molar-refractivity contribution in [2.24, 2.45) is 5.73 Å². The van der Waals surface area contributed by atoms with Crippen molar-refractivity contribution in [2.45, 2.75) is 39.0 Å². The molecule has 1 aliphatic carbocycles. The fourth-order valence-electron chi connectivity index (χ4n) is 1.32. The maximum absolute atomic E-state index is 5.76. The molecule has 0 radical (unpaired) electrons. The molecule has 0 aliphatic heterocycles. The Kier molecular flexibility index (Phi) is 5.45. The minimum Gasteiger partial charge on any atom is -0.330 e. The molecule has 2 N–H and O–H groups in total. The van der Waals surface area contributed by atoms with Crippen molar-refractivity contribution >= 4 is 22.9 Å². The fourth-order valence-corrected chi connectivity index (χ4v) is 2.57. The van der Waals surface area contributed by atoms with Crippen LogP contribution in [0.15, 0.2) is 0 Å². The van der Waals surface area contributed by atoms with Crippen molar-refractivity contribution in [3.63, 3.8) is 0 Å². The highest BCUT2D eigenvalue weighted by atomic mass is 35.5. The van der Waals surface area contributed by atoms with Crippen LogP contribution in [-0.2, 0) is 12.8 Å². The first kappa shape index (κ1) is 12.0. The van der Waals surface area contributed by atoms with Gasteiger partial charge in [0.05, 0.1) is 5.69 Å². The van der Waals surface area contributed by atoms with Gasteiger partial charge in [0.1, 0.15) is 0 Å². The van der Waals surface area contributed by atoms with Crippen LogP contribution in [0.5, 0.6) is 0 Å². The minimum atomic E-state index is 0.715. The lowest BCUT2D eigenvalue weighted by Crippen LogP contribution is -1.98. The van der Waals surface area contributed by atoms with Gasteiger partial charge in [-0.25, -0.2) is 4.98 Å². The number of hydrogen-bond acceptors (Lipinski definition) is 3. The summed E-state index contributed by atoms with van der Waals surface area (Å²) in [4.78, 5) is 5.65. The highest BCUT2D eigenvalue weighted by Crippen LogP contribution is 2.28. The predicted octanol–water partition coefficient (Wildman–Crippen LogP) is 3.03. The number of fused-ring (bicyclic) bond motifs is 1. The largest absolute Gasteiger partial charge is 0.330 e. The van der Waals surface area contributed by atoms with Crippen molar-refractivity contribution in [3.05, 3.63) is 15.0 Å². The predicted molar refractivity (Wildman–Crippen MR) is 63.1 cm³/mol. The maximum atomic E-state index is 5.76. The summed E-state index contributed by atoms with van der Waals surface area (Å²) < 4.78 is 0.715. The molecule has 2 nitrogen and oxygen atoms in total. The highest BCUT2D eigenvalue weighted by molar-refractivity contribution is 7.15. The summed E-state index contributed by atoms with van der Waals surface area (Å²) in [5.74, 6) is 0. The molecule has 1 aliphatic rings. The molecular weight excluding hydrogens is 216 g/mol. The van der Waals surface area contributed by atoms with Crippen LogP contribution in [0.4, 0.5) is 0 Å². The lowest BCUT2D eigenvalue weighted by molar-refractivity contribution is 0.682. The molecule has 0 aromatic carbocycles. The number of halogens is 1. The van der Waals surface area contributed by atoms with E-state index in [9.17, 15) is 0 Å². The number of nitrogens with two attached hydrogens (primary N) is 1. The van der Waals surface area contributed by atoms with Gasteiger partial charge in [-0.05, 0) is 38.6 Å². The molecule has 2 rings (SSSR count). The van der Waals surface area contributed by atoms with Crippen LogP contribution in [0.2, 0.25) is 4.47 Å². The average molecular weight is 233 g/mol. The second kappa shape index (κ2) is 6.38. The Balaban J connectivity index is 0.000000213. The third-order valence-corrected chi connectivity index (χ3v) is 3.37. The molecule has 0 unspecified atom stereocenters. The molecule has 4 heteroatoms. The topological polar surface area (TPSA) is 38.9 Å². The summed E-state index contributed by atoms with van der Waals surface area (Å²) in [6.45, 7) is 2.88. The first-order valence-corrected chi connectivity index (χ1v) is 6.31. The van der Waals surface area contributed by atoms with Gasteiger partial charge in [-0.15, -0.1) is 11.3 Å². The first-order chi connectivity index (χ1) is 6.77. The van der Waals surface area contributed by atoms with Gasteiger partial charge in [-0.2, -0.15) is 0 Å². The van der Waals surface area contributed by atoms with E-state index in [0.29, 0.717) is 4.47 Å². The zero-order chi connectivity index (χ0) is 10.4. The lowest BCUT2D eigenvalue weighted by atomic mass is 10.0. The molecule has 14 heavy (non-hydrogen) atoms. The number of hydrogen-bond donors (Lipinski definition) is 1. The second-order valence-corrected chi connectivity index (χ2v) is 5.00. The Hall–Kier alpha value is -0.120. The van der Waals surface area contributed by atoms with Gasteiger partial charge in [0.25, 0.3) is 0 Å². The van der Waals surface area contributed by atoms with Gasteiger partial charge in [0.2, 0.25) is 0 Å². The first-order valence-electron chi connectivity index (χ1n) is 5.12. The van der Waals surface area contributed by atoms with Crippen LogP contribution in [0.25, 0.3) is 0 Å². The van der Waals surface area contributed by atoms with E-state index in [0.717, 1.165) is 19.4 Å². The average Bonchev–Trinajstić information content (AvgIpc) is 2.58. The number of thiazole rings is 1. The van der Waals surface area contributed by atoms with Gasteiger partial charge in [0, 0.05) is 4.88 Å². The number of nitrogens with zero attached hydrogens (tertiary/aromatic N) is 1. The summed E-state index contributed by atoms with van der Waals surface area (Å²) in [6, 6.07) is 0. The highest BCUT2D eigenvalue weighted by Gasteiger charge is 2.13. The normalized spacial score (nSPS) is 14.2. The van der Waals surface area contributed by atoms with Gasteiger partial charge in [0.15, 0.2) is 4.47 Å². The van der Waals surface area contributed by atoms with Crippen molar-refractivity contribution < 1.29 is 0 Å². The van der Waals surface area contributed by atoms with Gasteiger partial charge in [-0.1, -0.05) is 18.5 Å². The summed E-state index contributed by atoms with van der Waals surface area (Å²) in [6.07, 6.45) is 6.02. The van der Waals surface area contributed by atoms with E-state index in [1.165, 1.54) is 29.8 Å². The zero-order valence-corrected chi connectivity index (χ0v) is 10.1. The van der Waals surface area contributed by atoms with E-state index in [1.807, 2.05) is 0 Å². The molecule has 0 saturated carbocycles. The molecule has 0 bridgehead atoms. The molecular formula is C10H17ClN2S. The Bertz CT molecular complexity index is 248. The molecule has 0 saturated heterocycles. The van der Waals surface area contributed by atoms with E-state index in [2.05, 4.69) is 11.9 Å². The Morgan fingerprint density at radius 1 is 1.43 bits per heavy atom. The Morgan fingerprint density at radius 3 is 2.64 bits per heavy atom. The van der Waals surface area contributed by atoms with Crippen molar-refractivity contribution in [2.75, 3.05) is 6.54 Å². The van der Waals surface area contributed by atoms with Gasteiger partial charge < -0.3 is 5.73 Å². The zero-order valence-electron chi connectivity index (χ0n) is 8.55. The molecule has 0 fully saturated rings. The monoisotopic (exact) mass is 232 g/mol. The minimum absolute atomic E-state index is 0.715. The standard InChI is InChI=1S/C7H8ClNS.C3H9N/c8-7-9-5-3-1-2-4-6(5)10-7;1-2-3-4/h1-4H2;2-4H2,1H3. The lowest BCUT2D eigenvalue weighted by Gasteiger charge is -2.06. The Morgan fingerprint density at radius 2 is 2.07 bits per heavy atom. The van der Waals surface area contributed by atoms with E-state index in [4.69, 9.17) is 17.3 Å². The number of aromatic nitrogens is 1. The van der Waals surface area contributed by atoms with Gasteiger partial charge >= 0.3 is 0 Å². The molecule has 0 spiro atoms. The Labute approximate surface area is 94.5 Å². The van der Waals surface area contributed by atoms with Crippen molar-refractivity contribution in [1.29, 1.82) is 0 Å².